The normalized spacial score (nSPS) is 11.0. The van der Waals surface area contributed by atoms with Crippen LogP contribution < -0.4 is 5.32 Å². The molecule has 3 aromatic heterocycles. The highest BCUT2D eigenvalue weighted by molar-refractivity contribution is 7.15. The van der Waals surface area contributed by atoms with E-state index in [9.17, 15) is 4.79 Å². The van der Waals surface area contributed by atoms with Gasteiger partial charge in [0.2, 0.25) is 0 Å². The van der Waals surface area contributed by atoms with Crippen LogP contribution in [0.1, 0.15) is 20.8 Å². The van der Waals surface area contributed by atoms with Gasteiger partial charge in [-0.2, -0.15) is 5.10 Å². The summed E-state index contributed by atoms with van der Waals surface area (Å²) >= 11 is 13.5. The number of rotatable bonds is 4. The molecular formula is C17H11Cl2N5OS. The number of fused-ring (bicyclic) bond motifs is 1. The third kappa shape index (κ3) is 3.41. The predicted molar refractivity (Wildman–Crippen MR) is 102 cm³/mol. The Morgan fingerprint density at radius 3 is 2.96 bits per heavy atom. The smallest absolute Gasteiger partial charge is 0.262 e. The second kappa shape index (κ2) is 7.03. The van der Waals surface area contributed by atoms with Crippen LogP contribution in [0, 0.1) is 0 Å². The lowest BCUT2D eigenvalue weighted by atomic mass is 10.1. The van der Waals surface area contributed by atoms with E-state index in [-0.39, 0.29) is 5.91 Å². The van der Waals surface area contributed by atoms with E-state index >= 15 is 0 Å². The largest absolute Gasteiger partial charge is 0.298 e. The highest BCUT2D eigenvalue weighted by atomic mass is 35.5. The van der Waals surface area contributed by atoms with E-state index in [1.54, 1.807) is 41.3 Å². The molecule has 0 atom stereocenters. The Balaban J connectivity index is 1.50. The lowest BCUT2D eigenvalue weighted by molar-refractivity contribution is 0.102. The quantitative estimate of drug-likeness (QED) is 0.550. The van der Waals surface area contributed by atoms with Crippen molar-refractivity contribution in [1.82, 2.24) is 19.6 Å². The van der Waals surface area contributed by atoms with Crippen molar-refractivity contribution in [3.8, 4) is 0 Å². The third-order valence-electron chi connectivity index (χ3n) is 3.68. The number of benzene rings is 1. The first-order chi connectivity index (χ1) is 12.6. The van der Waals surface area contributed by atoms with Gasteiger partial charge in [0.25, 0.3) is 5.91 Å². The number of nitrogens with zero attached hydrogens (tertiary/aromatic N) is 4. The average Bonchev–Trinajstić information content (AvgIpc) is 3.24. The van der Waals surface area contributed by atoms with Gasteiger partial charge in [0.05, 0.1) is 6.20 Å². The Hall–Kier alpha value is -2.48. The van der Waals surface area contributed by atoms with Crippen molar-refractivity contribution in [3.63, 3.8) is 0 Å². The highest BCUT2D eigenvalue weighted by Gasteiger charge is 2.15. The number of amides is 1. The van der Waals surface area contributed by atoms with Crippen LogP contribution in [0.15, 0.2) is 49.1 Å². The first-order valence-electron chi connectivity index (χ1n) is 7.58. The molecular weight excluding hydrogens is 393 g/mol. The molecule has 0 bridgehead atoms. The van der Waals surface area contributed by atoms with Crippen molar-refractivity contribution < 1.29 is 4.79 Å². The highest BCUT2D eigenvalue weighted by Crippen LogP contribution is 2.27. The Morgan fingerprint density at radius 2 is 2.12 bits per heavy atom. The van der Waals surface area contributed by atoms with Crippen molar-refractivity contribution >= 4 is 51.2 Å². The van der Waals surface area contributed by atoms with E-state index in [1.807, 2.05) is 6.07 Å². The topological polar surface area (TPSA) is 72.2 Å². The molecule has 6 nitrogen and oxygen atoms in total. The number of halogens is 2. The van der Waals surface area contributed by atoms with Gasteiger partial charge in [0.1, 0.15) is 5.56 Å². The monoisotopic (exact) mass is 403 g/mol. The molecule has 0 spiro atoms. The number of carbonyl (C=O) groups is 1. The number of hydrogen-bond acceptors (Lipinski definition) is 5. The van der Waals surface area contributed by atoms with Crippen molar-refractivity contribution in [2.75, 3.05) is 5.32 Å². The van der Waals surface area contributed by atoms with Crippen LogP contribution >= 0.6 is 34.5 Å². The molecule has 0 saturated carbocycles. The van der Waals surface area contributed by atoms with Crippen LogP contribution in [-0.4, -0.2) is 25.5 Å². The van der Waals surface area contributed by atoms with Gasteiger partial charge in [-0.15, -0.1) is 11.3 Å². The molecule has 0 aliphatic heterocycles. The molecule has 0 fully saturated rings. The summed E-state index contributed by atoms with van der Waals surface area (Å²) in [4.78, 5) is 21.9. The Bertz CT molecular complexity index is 1110. The first kappa shape index (κ1) is 17.0. The molecule has 1 amide bonds. The van der Waals surface area contributed by atoms with Crippen molar-refractivity contribution in [3.05, 3.63) is 75.1 Å². The molecule has 130 valence electrons. The van der Waals surface area contributed by atoms with Crippen LogP contribution in [0.5, 0.6) is 0 Å². The molecule has 3 heterocycles. The standard InChI is InChI=1S/C17H11Cl2N5OS/c18-11-3-2-10(14(19)7-11)6-12-8-21-17(26-12)23-16(25)13-9-22-24-5-1-4-20-15(13)24/h1-5,7-9H,6H2,(H,21,23,25). The van der Waals surface area contributed by atoms with Gasteiger partial charge in [-0.25, -0.2) is 14.5 Å². The maximum atomic E-state index is 12.5. The van der Waals surface area contributed by atoms with Crippen LogP contribution in [0.4, 0.5) is 5.13 Å². The molecule has 26 heavy (non-hydrogen) atoms. The summed E-state index contributed by atoms with van der Waals surface area (Å²) in [5.74, 6) is -0.302. The number of nitrogens with one attached hydrogen (secondary N) is 1. The van der Waals surface area contributed by atoms with Crippen molar-refractivity contribution in [2.24, 2.45) is 0 Å². The van der Waals surface area contributed by atoms with Gasteiger partial charge in [-0.05, 0) is 23.8 Å². The SMILES string of the molecule is O=C(Nc1ncc(Cc2ccc(Cl)cc2Cl)s1)c1cnn2cccnc12. The zero-order chi connectivity index (χ0) is 18.1. The molecule has 4 rings (SSSR count). The number of carbonyl (C=O) groups excluding carboxylic acids is 1. The summed E-state index contributed by atoms with van der Waals surface area (Å²) in [6.45, 7) is 0. The Morgan fingerprint density at radius 1 is 1.23 bits per heavy atom. The van der Waals surface area contributed by atoms with Gasteiger partial charge in [-0.1, -0.05) is 29.3 Å². The second-order valence-electron chi connectivity index (χ2n) is 5.44. The van der Waals surface area contributed by atoms with E-state index in [0.717, 1.165) is 10.4 Å². The lowest BCUT2D eigenvalue weighted by Crippen LogP contribution is -2.11. The second-order valence-corrected chi connectivity index (χ2v) is 7.40. The first-order valence-corrected chi connectivity index (χ1v) is 9.16. The average molecular weight is 404 g/mol. The molecule has 0 unspecified atom stereocenters. The molecule has 1 N–H and O–H groups in total. The van der Waals surface area contributed by atoms with E-state index in [1.165, 1.54) is 17.5 Å². The molecule has 9 heteroatoms. The molecule has 0 radical (unpaired) electrons. The number of thiazole rings is 1. The van der Waals surface area contributed by atoms with Crippen LogP contribution in [0.25, 0.3) is 5.65 Å². The van der Waals surface area contributed by atoms with Crippen LogP contribution in [0.2, 0.25) is 10.0 Å². The maximum absolute atomic E-state index is 12.5. The minimum absolute atomic E-state index is 0.302. The third-order valence-corrected chi connectivity index (χ3v) is 5.18. The number of anilines is 1. The fourth-order valence-electron chi connectivity index (χ4n) is 2.45. The minimum atomic E-state index is -0.302. The molecule has 0 saturated heterocycles. The van der Waals surface area contributed by atoms with E-state index in [4.69, 9.17) is 23.2 Å². The van der Waals surface area contributed by atoms with E-state index in [2.05, 4.69) is 20.4 Å². The fraction of sp³-hybridized carbons (Fsp3) is 0.0588. The number of hydrogen-bond donors (Lipinski definition) is 1. The van der Waals surface area contributed by atoms with Crippen molar-refractivity contribution in [2.45, 2.75) is 6.42 Å². The predicted octanol–water partition coefficient (Wildman–Crippen LogP) is 4.34. The van der Waals surface area contributed by atoms with Crippen LogP contribution in [-0.2, 0) is 6.42 Å². The zero-order valence-corrected chi connectivity index (χ0v) is 15.5. The fourth-order valence-corrected chi connectivity index (χ4v) is 3.76. The van der Waals surface area contributed by atoms with Crippen molar-refractivity contribution in [1.29, 1.82) is 0 Å². The van der Waals surface area contributed by atoms with Crippen LogP contribution in [0.3, 0.4) is 0 Å². The van der Waals surface area contributed by atoms with E-state index in [0.29, 0.717) is 32.8 Å². The van der Waals surface area contributed by atoms with Gasteiger partial charge < -0.3 is 0 Å². The Labute approximate surface area is 162 Å². The minimum Gasteiger partial charge on any atom is -0.298 e. The lowest BCUT2D eigenvalue weighted by Gasteiger charge is -2.02. The maximum Gasteiger partial charge on any atom is 0.262 e. The number of aromatic nitrogens is 4. The zero-order valence-electron chi connectivity index (χ0n) is 13.2. The Kier molecular flexibility index (Phi) is 4.58. The van der Waals surface area contributed by atoms with E-state index < -0.39 is 0 Å². The summed E-state index contributed by atoms with van der Waals surface area (Å²) < 4.78 is 1.55. The summed E-state index contributed by atoms with van der Waals surface area (Å²) in [6.07, 6.45) is 7.17. The van der Waals surface area contributed by atoms with Gasteiger partial charge >= 0.3 is 0 Å². The van der Waals surface area contributed by atoms with Gasteiger partial charge in [0, 0.05) is 39.9 Å². The molecule has 0 aliphatic carbocycles. The summed E-state index contributed by atoms with van der Waals surface area (Å²) in [7, 11) is 0. The summed E-state index contributed by atoms with van der Waals surface area (Å²) in [5, 5.41) is 8.60. The molecule has 4 aromatic rings. The summed E-state index contributed by atoms with van der Waals surface area (Å²) in [6, 6.07) is 7.13. The molecule has 0 aliphatic rings. The molecule has 1 aromatic carbocycles. The summed E-state index contributed by atoms with van der Waals surface area (Å²) in [5.41, 5.74) is 1.84. The van der Waals surface area contributed by atoms with Gasteiger partial charge in [0.15, 0.2) is 10.8 Å². The van der Waals surface area contributed by atoms with Gasteiger partial charge in [-0.3, -0.25) is 10.1 Å².